The average Bonchev–Trinajstić information content (AvgIpc) is 2.51. The molecule has 0 amide bonds. The van der Waals surface area contributed by atoms with Crippen LogP contribution >= 0.6 is 0 Å². The zero-order valence-corrected chi connectivity index (χ0v) is 8.58. The molecule has 0 spiro atoms. The summed E-state index contributed by atoms with van der Waals surface area (Å²) in [5.41, 5.74) is 0. The lowest BCUT2D eigenvalue weighted by Gasteiger charge is -2.12. The highest BCUT2D eigenvalue weighted by atomic mass is 16.4. The smallest absolute Gasteiger partial charge is 0.132 e. The van der Waals surface area contributed by atoms with Gasteiger partial charge in [-0.05, 0) is 31.4 Å². The molecule has 2 atom stereocenters. The van der Waals surface area contributed by atoms with Crippen LogP contribution in [0.3, 0.4) is 0 Å². The van der Waals surface area contributed by atoms with Crippen molar-refractivity contribution < 1.29 is 9.52 Å². The second-order valence-electron chi connectivity index (χ2n) is 3.71. The molecule has 0 radical (unpaired) electrons. The monoisotopic (exact) mass is 182 g/mol. The van der Waals surface area contributed by atoms with Crippen molar-refractivity contribution in [2.24, 2.45) is 5.92 Å². The van der Waals surface area contributed by atoms with Crippen molar-refractivity contribution in [1.82, 2.24) is 0 Å². The second kappa shape index (κ2) is 4.47. The van der Waals surface area contributed by atoms with Gasteiger partial charge in [0, 0.05) is 0 Å². The van der Waals surface area contributed by atoms with Crippen molar-refractivity contribution in [2.45, 2.75) is 39.7 Å². The highest BCUT2D eigenvalue weighted by Crippen LogP contribution is 2.23. The van der Waals surface area contributed by atoms with Gasteiger partial charge in [0.15, 0.2) is 0 Å². The summed E-state index contributed by atoms with van der Waals surface area (Å²) in [6, 6.07) is 3.73. The number of aliphatic hydroxyl groups is 1. The first kappa shape index (κ1) is 10.3. The zero-order valence-electron chi connectivity index (χ0n) is 8.58. The van der Waals surface area contributed by atoms with E-state index in [2.05, 4.69) is 13.8 Å². The fourth-order valence-corrected chi connectivity index (χ4v) is 1.30. The summed E-state index contributed by atoms with van der Waals surface area (Å²) in [7, 11) is 0. The van der Waals surface area contributed by atoms with Crippen LogP contribution in [0.25, 0.3) is 0 Å². The normalized spacial score (nSPS) is 15.7. The molecule has 0 aliphatic carbocycles. The third-order valence-electron chi connectivity index (χ3n) is 2.41. The summed E-state index contributed by atoms with van der Waals surface area (Å²) in [6.45, 7) is 6.16. The molecule has 2 nitrogen and oxygen atoms in total. The van der Waals surface area contributed by atoms with Crippen LogP contribution in [-0.2, 0) is 0 Å². The van der Waals surface area contributed by atoms with Crippen LogP contribution in [0.5, 0.6) is 0 Å². The van der Waals surface area contributed by atoms with Gasteiger partial charge in [-0.1, -0.05) is 20.3 Å². The first-order valence-electron chi connectivity index (χ1n) is 4.88. The minimum Gasteiger partial charge on any atom is -0.464 e. The van der Waals surface area contributed by atoms with E-state index in [4.69, 9.17) is 4.42 Å². The summed E-state index contributed by atoms with van der Waals surface area (Å²) in [6.07, 6.45) is 1.43. The molecule has 1 N–H and O–H groups in total. The molecule has 1 rings (SSSR count). The molecule has 0 aliphatic rings. The summed E-state index contributed by atoms with van der Waals surface area (Å²) >= 11 is 0. The van der Waals surface area contributed by atoms with Crippen LogP contribution in [0, 0.1) is 12.8 Å². The molecule has 2 heteroatoms. The van der Waals surface area contributed by atoms with Gasteiger partial charge in [0.25, 0.3) is 0 Å². The lowest BCUT2D eigenvalue weighted by Crippen LogP contribution is -2.02. The Labute approximate surface area is 79.6 Å². The lowest BCUT2D eigenvalue weighted by atomic mass is 10.00. The molecule has 1 heterocycles. The standard InChI is InChI=1S/C11H18O2/c1-4-8(2)7-10(12)11-6-5-9(3)13-11/h5-6,8,10,12H,4,7H2,1-3H3. The van der Waals surface area contributed by atoms with E-state index in [0.29, 0.717) is 11.7 Å². The molecular formula is C11H18O2. The number of hydrogen-bond donors (Lipinski definition) is 1. The topological polar surface area (TPSA) is 33.4 Å². The number of rotatable bonds is 4. The van der Waals surface area contributed by atoms with E-state index >= 15 is 0 Å². The van der Waals surface area contributed by atoms with Gasteiger partial charge < -0.3 is 9.52 Å². The zero-order chi connectivity index (χ0) is 9.84. The second-order valence-corrected chi connectivity index (χ2v) is 3.71. The van der Waals surface area contributed by atoms with Crippen LogP contribution in [0.1, 0.15) is 44.3 Å². The minimum absolute atomic E-state index is 0.441. The molecule has 0 saturated heterocycles. The molecule has 0 fully saturated rings. The van der Waals surface area contributed by atoms with Crippen LogP contribution in [0.4, 0.5) is 0 Å². The number of hydrogen-bond acceptors (Lipinski definition) is 2. The van der Waals surface area contributed by atoms with E-state index in [9.17, 15) is 5.11 Å². The van der Waals surface area contributed by atoms with Crippen LogP contribution < -0.4 is 0 Å². The molecule has 13 heavy (non-hydrogen) atoms. The fourth-order valence-electron chi connectivity index (χ4n) is 1.30. The number of aryl methyl sites for hydroxylation is 1. The Bertz CT molecular complexity index is 252. The fraction of sp³-hybridized carbons (Fsp3) is 0.636. The number of furan rings is 1. The Morgan fingerprint density at radius 1 is 1.46 bits per heavy atom. The predicted octanol–water partition coefficient (Wildman–Crippen LogP) is 3.06. The molecule has 1 aromatic heterocycles. The Kier molecular flexibility index (Phi) is 3.55. The van der Waals surface area contributed by atoms with Crippen LogP contribution in [0.15, 0.2) is 16.5 Å². The van der Waals surface area contributed by atoms with E-state index in [1.807, 2.05) is 19.1 Å². The van der Waals surface area contributed by atoms with Gasteiger partial charge in [-0.15, -0.1) is 0 Å². The summed E-state index contributed by atoms with van der Waals surface area (Å²) in [5.74, 6) is 2.09. The Hall–Kier alpha value is -0.760. The van der Waals surface area contributed by atoms with Crippen LogP contribution in [-0.4, -0.2) is 5.11 Å². The molecule has 0 bridgehead atoms. The largest absolute Gasteiger partial charge is 0.464 e. The first-order valence-corrected chi connectivity index (χ1v) is 4.88. The highest BCUT2D eigenvalue weighted by Gasteiger charge is 2.14. The molecule has 2 unspecified atom stereocenters. The summed E-state index contributed by atoms with van der Waals surface area (Å²) in [4.78, 5) is 0. The first-order chi connectivity index (χ1) is 6.13. The lowest BCUT2D eigenvalue weighted by molar-refractivity contribution is 0.121. The maximum Gasteiger partial charge on any atom is 0.132 e. The van der Waals surface area contributed by atoms with Crippen molar-refractivity contribution in [1.29, 1.82) is 0 Å². The van der Waals surface area contributed by atoms with Crippen molar-refractivity contribution in [3.05, 3.63) is 23.7 Å². The maximum atomic E-state index is 9.74. The van der Waals surface area contributed by atoms with Crippen molar-refractivity contribution >= 4 is 0 Å². The van der Waals surface area contributed by atoms with Gasteiger partial charge in [0.2, 0.25) is 0 Å². The SMILES string of the molecule is CCC(C)CC(O)c1ccc(C)o1. The van der Waals surface area contributed by atoms with E-state index < -0.39 is 6.10 Å². The average molecular weight is 182 g/mol. The molecule has 1 aromatic rings. The van der Waals surface area contributed by atoms with E-state index in [-0.39, 0.29) is 0 Å². The Balaban J connectivity index is 2.53. The van der Waals surface area contributed by atoms with Gasteiger partial charge in [0.1, 0.15) is 17.6 Å². The van der Waals surface area contributed by atoms with Crippen molar-refractivity contribution in [3.8, 4) is 0 Å². The molecule has 74 valence electrons. The van der Waals surface area contributed by atoms with E-state index in [1.165, 1.54) is 0 Å². The van der Waals surface area contributed by atoms with Gasteiger partial charge >= 0.3 is 0 Å². The third-order valence-corrected chi connectivity index (χ3v) is 2.41. The van der Waals surface area contributed by atoms with E-state index in [0.717, 1.165) is 18.6 Å². The molecule has 0 saturated carbocycles. The maximum absolute atomic E-state index is 9.74. The van der Waals surface area contributed by atoms with Crippen molar-refractivity contribution in [3.63, 3.8) is 0 Å². The molecule has 0 aliphatic heterocycles. The van der Waals surface area contributed by atoms with Gasteiger partial charge in [-0.25, -0.2) is 0 Å². The Morgan fingerprint density at radius 2 is 2.15 bits per heavy atom. The van der Waals surface area contributed by atoms with Crippen LogP contribution in [0.2, 0.25) is 0 Å². The predicted molar refractivity (Wildman–Crippen MR) is 52.5 cm³/mol. The Morgan fingerprint density at radius 3 is 2.62 bits per heavy atom. The summed E-state index contributed by atoms with van der Waals surface area (Å²) in [5, 5.41) is 9.74. The van der Waals surface area contributed by atoms with Crippen molar-refractivity contribution in [2.75, 3.05) is 0 Å². The van der Waals surface area contributed by atoms with E-state index in [1.54, 1.807) is 0 Å². The third kappa shape index (κ3) is 2.88. The summed E-state index contributed by atoms with van der Waals surface area (Å²) < 4.78 is 5.34. The van der Waals surface area contributed by atoms with Gasteiger partial charge in [-0.2, -0.15) is 0 Å². The molecule has 0 aromatic carbocycles. The molecular weight excluding hydrogens is 164 g/mol. The number of aliphatic hydroxyl groups excluding tert-OH is 1. The highest BCUT2D eigenvalue weighted by molar-refractivity contribution is 5.07. The van der Waals surface area contributed by atoms with Gasteiger partial charge in [0.05, 0.1) is 0 Å². The quantitative estimate of drug-likeness (QED) is 0.776. The minimum atomic E-state index is -0.441. The van der Waals surface area contributed by atoms with Gasteiger partial charge in [-0.3, -0.25) is 0 Å².